The second kappa shape index (κ2) is 14.7. The lowest BCUT2D eigenvalue weighted by atomic mass is 10.2. The van der Waals surface area contributed by atoms with Crippen molar-refractivity contribution in [3.8, 4) is 0 Å². The third-order valence-corrected chi connectivity index (χ3v) is 5.20. The molecule has 0 saturated carbocycles. The number of benzene rings is 2. The van der Waals surface area contributed by atoms with Gasteiger partial charge in [0.1, 0.15) is 17.9 Å². The first-order chi connectivity index (χ1) is 16.9. The highest BCUT2D eigenvalue weighted by Crippen LogP contribution is 2.13. The lowest BCUT2D eigenvalue weighted by molar-refractivity contribution is -0.138. The van der Waals surface area contributed by atoms with E-state index < -0.39 is 23.7 Å². The summed E-state index contributed by atoms with van der Waals surface area (Å²) in [6.07, 6.45) is 1.99. The number of nitrogens with one attached hydrogen (secondary N) is 2. The summed E-state index contributed by atoms with van der Waals surface area (Å²) in [7, 11) is 1.74. The van der Waals surface area contributed by atoms with E-state index in [1.165, 1.54) is 28.1 Å². The Kier molecular flexibility index (Phi) is 11.7. The van der Waals surface area contributed by atoms with E-state index in [2.05, 4.69) is 17.3 Å². The minimum atomic E-state index is -0.661. The average molecular weight is 488 g/mol. The zero-order valence-corrected chi connectivity index (χ0v) is 19.7. The number of nitrogens with zero attached hydrogens (tertiary/aromatic N) is 3. The van der Waals surface area contributed by atoms with Gasteiger partial charge in [-0.05, 0) is 18.7 Å². The van der Waals surface area contributed by atoms with Gasteiger partial charge in [-0.2, -0.15) is 0 Å². The van der Waals surface area contributed by atoms with Crippen LogP contribution in [0.3, 0.4) is 0 Å². The van der Waals surface area contributed by atoms with Crippen LogP contribution in [0.1, 0.15) is 11.1 Å². The first-order valence-electron chi connectivity index (χ1n) is 11.1. The quantitative estimate of drug-likeness (QED) is 0.162. The molecular formula is C25H31F2N5O3. The fourth-order valence-electron chi connectivity index (χ4n) is 3.54. The number of carbonyl (C=O) groups is 3. The summed E-state index contributed by atoms with van der Waals surface area (Å²) in [4.78, 5) is 38.7. The van der Waals surface area contributed by atoms with Crippen LogP contribution in [0.4, 0.5) is 8.78 Å². The third kappa shape index (κ3) is 9.36. The molecule has 10 heteroatoms. The fourth-order valence-corrected chi connectivity index (χ4v) is 3.54. The van der Waals surface area contributed by atoms with Crippen LogP contribution in [-0.4, -0.2) is 72.8 Å². The van der Waals surface area contributed by atoms with Gasteiger partial charge in [0.05, 0.1) is 19.3 Å². The van der Waals surface area contributed by atoms with Gasteiger partial charge in [0, 0.05) is 37.8 Å². The van der Waals surface area contributed by atoms with Crippen molar-refractivity contribution < 1.29 is 23.2 Å². The van der Waals surface area contributed by atoms with Crippen molar-refractivity contribution in [2.75, 3.05) is 33.2 Å². The standard InChI is InChI=1S/C25H31F2N5O3/c1-3-11-31(29-19-34)18-25(35)32(12-13-33)24(28-15-20-7-5-4-6-8-20)17-30(2)16-21-9-10-22(26)14-23(21)27/h3-10,13-14,19,24,28H,1,11-12,15-18H2,2H3,(H,29,34). The van der Waals surface area contributed by atoms with Crippen LogP contribution in [0, 0.1) is 11.6 Å². The van der Waals surface area contributed by atoms with Gasteiger partial charge in [0.25, 0.3) is 0 Å². The van der Waals surface area contributed by atoms with E-state index in [0.29, 0.717) is 24.8 Å². The Morgan fingerprint density at radius 3 is 2.49 bits per heavy atom. The van der Waals surface area contributed by atoms with E-state index >= 15 is 0 Å². The maximum absolute atomic E-state index is 14.2. The smallest absolute Gasteiger partial charge is 0.240 e. The van der Waals surface area contributed by atoms with E-state index in [1.807, 2.05) is 30.3 Å². The summed E-state index contributed by atoms with van der Waals surface area (Å²) in [6, 6.07) is 12.9. The molecule has 2 N–H and O–H groups in total. The Morgan fingerprint density at radius 2 is 1.86 bits per heavy atom. The number of aldehydes is 1. The summed E-state index contributed by atoms with van der Waals surface area (Å²) in [5.41, 5.74) is 3.71. The number of rotatable bonds is 16. The summed E-state index contributed by atoms with van der Waals surface area (Å²) >= 11 is 0. The molecule has 0 bridgehead atoms. The van der Waals surface area contributed by atoms with Gasteiger partial charge >= 0.3 is 0 Å². The van der Waals surface area contributed by atoms with Crippen molar-refractivity contribution in [1.29, 1.82) is 0 Å². The van der Waals surface area contributed by atoms with Crippen LogP contribution in [0.2, 0.25) is 0 Å². The van der Waals surface area contributed by atoms with Crippen molar-refractivity contribution in [2.45, 2.75) is 19.3 Å². The average Bonchev–Trinajstić information content (AvgIpc) is 2.83. The third-order valence-electron chi connectivity index (χ3n) is 5.20. The molecule has 8 nitrogen and oxygen atoms in total. The van der Waals surface area contributed by atoms with Crippen LogP contribution >= 0.6 is 0 Å². The van der Waals surface area contributed by atoms with E-state index in [9.17, 15) is 23.2 Å². The van der Waals surface area contributed by atoms with E-state index in [-0.39, 0.29) is 32.7 Å². The molecule has 0 radical (unpaired) electrons. The van der Waals surface area contributed by atoms with E-state index in [0.717, 1.165) is 11.6 Å². The SMILES string of the molecule is C=CCN(CC(=O)N(CC=O)C(CN(C)Cc1ccc(F)cc1F)NCc1ccccc1)NC=O. The molecular weight excluding hydrogens is 456 g/mol. The highest BCUT2D eigenvalue weighted by molar-refractivity contribution is 5.80. The molecule has 2 rings (SSSR count). The van der Waals surface area contributed by atoms with Crippen LogP contribution in [-0.2, 0) is 27.5 Å². The summed E-state index contributed by atoms with van der Waals surface area (Å²) < 4.78 is 27.4. The van der Waals surface area contributed by atoms with Gasteiger partial charge in [-0.25, -0.2) is 13.8 Å². The normalized spacial score (nSPS) is 11.8. The van der Waals surface area contributed by atoms with Crippen LogP contribution < -0.4 is 10.7 Å². The van der Waals surface area contributed by atoms with Gasteiger partial charge in [0.15, 0.2) is 0 Å². The Bertz CT molecular complexity index is 967. The lowest BCUT2D eigenvalue weighted by Crippen LogP contribution is -2.57. The predicted octanol–water partition coefficient (Wildman–Crippen LogP) is 1.69. The number of amides is 2. The molecule has 35 heavy (non-hydrogen) atoms. The number of hydrazine groups is 1. The number of halogens is 2. The molecule has 1 atom stereocenters. The molecule has 0 fully saturated rings. The zero-order chi connectivity index (χ0) is 25.6. The number of likely N-dealkylation sites (N-methyl/N-ethyl adjacent to an activating group) is 1. The monoisotopic (exact) mass is 487 g/mol. The second-order valence-electron chi connectivity index (χ2n) is 7.94. The van der Waals surface area contributed by atoms with Gasteiger partial charge in [-0.15, -0.1) is 6.58 Å². The number of hydrogen-bond donors (Lipinski definition) is 2. The van der Waals surface area contributed by atoms with Crippen molar-refractivity contribution in [2.24, 2.45) is 0 Å². The molecule has 0 heterocycles. The minimum Gasteiger partial charge on any atom is -0.318 e. The zero-order valence-electron chi connectivity index (χ0n) is 19.7. The number of carbonyl (C=O) groups excluding carboxylic acids is 3. The lowest BCUT2D eigenvalue weighted by Gasteiger charge is -2.35. The van der Waals surface area contributed by atoms with Crippen molar-refractivity contribution in [1.82, 2.24) is 25.6 Å². The minimum absolute atomic E-state index is 0.161. The van der Waals surface area contributed by atoms with Crippen molar-refractivity contribution in [3.05, 3.63) is 83.9 Å². The van der Waals surface area contributed by atoms with E-state index in [4.69, 9.17) is 0 Å². The van der Waals surface area contributed by atoms with Gasteiger partial charge in [0.2, 0.25) is 12.3 Å². The Hall–Kier alpha value is -3.47. The molecule has 2 aromatic rings. The Balaban J connectivity index is 2.22. The Labute approximate surface area is 204 Å². The van der Waals surface area contributed by atoms with E-state index in [1.54, 1.807) is 11.9 Å². The maximum Gasteiger partial charge on any atom is 0.240 e. The Morgan fingerprint density at radius 1 is 1.11 bits per heavy atom. The summed E-state index contributed by atoms with van der Waals surface area (Å²) in [6.45, 7) is 4.28. The highest BCUT2D eigenvalue weighted by Gasteiger charge is 2.26. The molecule has 0 aliphatic carbocycles. The van der Waals surface area contributed by atoms with Gasteiger partial charge in [-0.3, -0.25) is 25.2 Å². The molecule has 0 aliphatic rings. The van der Waals surface area contributed by atoms with Crippen LogP contribution in [0.5, 0.6) is 0 Å². The largest absolute Gasteiger partial charge is 0.318 e. The first kappa shape index (κ1) is 27.8. The molecule has 2 amide bonds. The summed E-state index contributed by atoms with van der Waals surface area (Å²) in [5.74, 6) is -1.72. The van der Waals surface area contributed by atoms with Crippen molar-refractivity contribution in [3.63, 3.8) is 0 Å². The van der Waals surface area contributed by atoms with Gasteiger partial charge < -0.3 is 9.69 Å². The maximum atomic E-state index is 14.2. The predicted molar refractivity (Wildman–Crippen MR) is 129 cm³/mol. The highest BCUT2D eigenvalue weighted by atomic mass is 19.1. The number of hydrogen-bond acceptors (Lipinski definition) is 6. The molecule has 0 saturated heterocycles. The van der Waals surface area contributed by atoms with Crippen molar-refractivity contribution >= 4 is 18.6 Å². The first-order valence-corrected chi connectivity index (χ1v) is 11.1. The second-order valence-corrected chi connectivity index (χ2v) is 7.94. The molecule has 0 aliphatic heterocycles. The molecule has 0 spiro atoms. The molecule has 188 valence electrons. The summed E-state index contributed by atoms with van der Waals surface area (Å²) in [5, 5.41) is 4.67. The van der Waals surface area contributed by atoms with Gasteiger partial charge in [-0.1, -0.05) is 42.5 Å². The van der Waals surface area contributed by atoms with Crippen LogP contribution in [0.15, 0.2) is 61.2 Å². The topological polar surface area (TPSA) is 85.0 Å². The molecule has 2 aromatic carbocycles. The van der Waals surface area contributed by atoms with Crippen LogP contribution in [0.25, 0.3) is 0 Å². The molecule has 0 aromatic heterocycles. The molecule has 1 unspecified atom stereocenters. The fraction of sp³-hybridized carbons (Fsp3) is 0.320.